The lowest BCUT2D eigenvalue weighted by atomic mass is 10.1. The maximum absolute atomic E-state index is 11.0. The van der Waals surface area contributed by atoms with Gasteiger partial charge in [0.15, 0.2) is 0 Å². The van der Waals surface area contributed by atoms with Gasteiger partial charge in [0.2, 0.25) is 5.91 Å². The molecule has 3 heteroatoms. The van der Waals surface area contributed by atoms with Crippen molar-refractivity contribution >= 4 is 17.7 Å². The van der Waals surface area contributed by atoms with Crippen LogP contribution in [-0.2, 0) is 4.79 Å². The number of nitrogens with one attached hydrogen (secondary N) is 1. The van der Waals surface area contributed by atoms with Crippen LogP contribution in [0.3, 0.4) is 0 Å². The molecule has 1 fully saturated rings. The van der Waals surface area contributed by atoms with Gasteiger partial charge >= 0.3 is 0 Å². The fourth-order valence-corrected chi connectivity index (χ4v) is 2.58. The second kappa shape index (κ2) is 4.00. The van der Waals surface area contributed by atoms with Crippen molar-refractivity contribution in [2.45, 2.75) is 38.0 Å². The third kappa shape index (κ3) is 2.12. The van der Waals surface area contributed by atoms with Crippen molar-refractivity contribution in [3.63, 3.8) is 0 Å². The molecule has 0 spiro atoms. The molecule has 0 aromatic rings. The lowest BCUT2D eigenvalue weighted by molar-refractivity contribution is -0.119. The Morgan fingerprint density at radius 2 is 2.27 bits per heavy atom. The Bertz CT molecular complexity index is 149. The van der Waals surface area contributed by atoms with E-state index in [4.69, 9.17) is 0 Å². The molecule has 1 rings (SSSR count). The molecule has 64 valence electrons. The van der Waals surface area contributed by atoms with Crippen molar-refractivity contribution in [3.8, 4) is 0 Å². The molecule has 2 unspecified atom stereocenters. The summed E-state index contributed by atoms with van der Waals surface area (Å²) in [6, 6.07) is 0.409. The van der Waals surface area contributed by atoms with Crippen LogP contribution in [0.1, 0.15) is 26.7 Å². The first-order chi connectivity index (χ1) is 5.27. The van der Waals surface area contributed by atoms with E-state index in [0.29, 0.717) is 17.0 Å². The molecule has 1 heterocycles. The SMILES string of the molecule is CCC1NC(=O)CSC1CC. The lowest BCUT2D eigenvalue weighted by Gasteiger charge is -2.30. The van der Waals surface area contributed by atoms with Crippen molar-refractivity contribution in [2.24, 2.45) is 0 Å². The summed E-state index contributed by atoms with van der Waals surface area (Å²) in [5, 5.41) is 3.64. The fraction of sp³-hybridized carbons (Fsp3) is 0.875. The molecule has 2 atom stereocenters. The highest BCUT2D eigenvalue weighted by molar-refractivity contribution is 8.00. The summed E-state index contributed by atoms with van der Waals surface area (Å²) in [5.41, 5.74) is 0. The van der Waals surface area contributed by atoms with Gasteiger partial charge in [-0.1, -0.05) is 13.8 Å². The monoisotopic (exact) mass is 173 g/mol. The normalized spacial score (nSPS) is 31.6. The maximum atomic E-state index is 11.0. The Labute approximate surface area is 72.1 Å². The topological polar surface area (TPSA) is 29.1 Å². The highest BCUT2D eigenvalue weighted by Crippen LogP contribution is 2.23. The van der Waals surface area contributed by atoms with Crippen molar-refractivity contribution in [1.82, 2.24) is 5.32 Å². The van der Waals surface area contributed by atoms with Gasteiger partial charge in [0.05, 0.1) is 5.75 Å². The molecule has 0 aliphatic carbocycles. The average molecular weight is 173 g/mol. The van der Waals surface area contributed by atoms with E-state index in [2.05, 4.69) is 19.2 Å². The van der Waals surface area contributed by atoms with Crippen LogP contribution in [0.15, 0.2) is 0 Å². The van der Waals surface area contributed by atoms with Gasteiger partial charge in [0, 0.05) is 11.3 Å². The van der Waals surface area contributed by atoms with E-state index in [9.17, 15) is 4.79 Å². The van der Waals surface area contributed by atoms with Crippen LogP contribution in [0.2, 0.25) is 0 Å². The largest absolute Gasteiger partial charge is 0.352 e. The molecule has 0 bridgehead atoms. The number of hydrogen-bond acceptors (Lipinski definition) is 2. The first kappa shape index (κ1) is 8.91. The molecular formula is C8H15NOS. The maximum Gasteiger partial charge on any atom is 0.230 e. The number of amides is 1. The number of carbonyl (C=O) groups excluding carboxylic acids is 1. The quantitative estimate of drug-likeness (QED) is 0.684. The third-order valence-corrected chi connectivity index (χ3v) is 3.58. The van der Waals surface area contributed by atoms with E-state index >= 15 is 0 Å². The van der Waals surface area contributed by atoms with E-state index in [-0.39, 0.29) is 5.91 Å². The third-order valence-electron chi connectivity index (χ3n) is 2.07. The van der Waals surface area contributed by atoms with Gasteiger partial charge in [0.25, 0.3) is 0 Å². The number of thioether (sulfide) groups is 1. The van der Waals surface area contributed by atoms with Crippen LogP contribution in [-0.4, -0.2) is 23.0 Å². The average Bonchev–Trinajstić information content (AvgIpc) is 2.04. The van der Waals surface area contributed by atoms with Crippen LogP contribution >= 0.6 is 11.8 Å². The standard InChI is InChI=1S/C8H15NOS/c1-3-6-7(4-2)11-5-8(10)9-6/h6-7H,3-5H2,1-2H3,(H,9,10). The van der Waals surface area contributed by atoms with E-state index in [1.54, 1.807) is 11.8 Å². The molecular weight excluding hydrogens is 158 g/mol. The Hall–Kier alpha value is -0.180. The predicted octanol–water partition coefficient (Wildman–Crippen LogP) is 1.41. The molecule has 0 radical (unpaired) electrons. The fourth-order valence-electron chi connectivity index (χ4n) is 1.41. The minimum Gasteiger partial charge on any atom is -0.352 e. The zero-order valence-electron chi connectivity index (χ0n) is 7.09. The first-order valence-electron chi connectivity index (χ1n) is 4.18. The summed E-state index contributed by atoms with van der Waals surface area (Å²) < 4.78 is 0. The summed E-state index contributed by atoms with van der Waals surface area (Å²) in [6.07, 6.45) is 2.21. The molecule has 2 nitrogen and oxygen atoms in total. The first-order valence-corrected chi connectivity index (χ1v) is 5.23. The lowest BCUT2D eigenvalue weighted by Crippen LogP contribution is -2.46. The van der Waals surface area contributed by atoms with Crippen molar-refractivity contribution < 1.29 is 4.79 Å². The van der Waals surface area contributed by atoms with Crippen LogP contribution in [0.25, 0.3) is 0 Å². The van der Waals surface area contributed by atoms with Crippen LogP contribution in [0.4, 0.5) is 0 Å². The molecule has 0 aromatic heterocycles. The smallest absolute Gasteiger partial charge is 0.230 e. The van der Waals surface area contributed by atoms with E-state index in [0.717, 1.165) is 12.8 Å². The zero-order chi connectivity index (χ0) is 8.27. The summed E-state index contributed by atoms with van der Waals surface area (Å²) in [6.45, 7) is 4.30. The van der Waals surface area contributed by atoms with Crippen molar-refractivity contribution in [2.75, 3.05) is 5.75 Å². The summed E-state index contributed by atoms with van der Waals surface area (Å²) in [5.74, 6) is 0.848. The Balaban J connectivity index is 2.48. The van der Waals surface area contributed by atoms with Crippen molar-refractivity contribution in [1.29, 1.82) is 0 Å². The van der Waals surface area contributed by atoms with Gasteiger partial charge in [-0.25, -0.2) is 0 Å². The zero-order valence-corrected chi connectivity index (χ0v) is 7.91. The molecule has 0 saturated carbocycles. The molecule has 1 aliphatic rings. The van der Waals surface area contributed by atoms with E-state index in [1.807, 2.05) is 0 Å². The van der Waals surface area contributed by atoms with Crippen LogP contribution in [0, 0.1) is 0 Å². The molecule has 1 aliphatic heterocycles. The molecule has 1 saturated heterocycles. The minimum absolute atomic E-state index is 0.201. The highest BCUT2D eigenvalue weighted by atomic mass is 32.2. The Morgan fingerprint density at radius 1 is 1.55 bits per heavy atom. The summed E-state index contributed by atoms with van der Waals surface area (Å²) >= 11 is 1.79. The second-order valence-electron chi connectivity index (χ2n) is 2.84. The summed E-state index contributed by atoms with van der Waals surface area (Å²) in [4.78, 5) is 11.0. The second-order valence-corrected chi connectivity index (χ2v) is 4.07. The van der Waals surface area contributed by atoms with Gasteiger partial charge in [-0.3, -0.25) is 4.79 Å². The molecule has 11 heavy (non-hydrogen) atoms. The van der Waals surface area contributed by atoms with Gasteiger partial charge in [-0.15, -0.1) is 11.8 Å². The van der Waals surface area contributed by atoms with E-state index < -0.39 is 0 Å². The minimum atomic E-state index is 0.201. The van der Waals surface area contributed by atoms with Crippen molar-refractivity contribution in [3.05, 3.63) is 0 Å². The van der Waals surface area contributed by atoms with Gasteiger partial charge < -0.3 is 5.32 Å². The van der Waals surface area contributed by atoms with Gasteiger partial charge in [0.1, 0.15) is 0 Å². The number of carbonyl (C=O) groups is 1. The number of hydrogen-bond donors (Lipinski definition) is 1. The Morgan fingerprint density at radius 3 is 2.82 bits per heavy atom. The Kier molecular flexibility index (Phi) is 3.24. The summed E-state index contributed by atoms with van der Waals surface area (Å²) in [7, 11) is 0. The molecule has 1 N–H and O–H groups in total. The number of rotatable bonds is 2. The van der Waals surface area contributed by atoms with Gasteiger partial charge in [-0.2, -0.15) is 0 Å². The van der Waals surface area contributed by atoms with Crippen LogP contribution in [0.5, 0.6) is 0 Å². The molecule has 1 amide bonds. The highest BCUT2D eigenvalue weighted by Gasteiger charge is 2.25. The van der Waals surface area contributed by atoms with E-state index in [1.165, 1.54) is 0 Å². The molecule has 0 aromatic carbocycles. The predicted molar refractivity (Wildman–Crippen MR) is 48.8 cm³/mol. The van der Waals surface area contributed by atoms with Gasteiger partial charge in [-0.05, 0) is 12.8 Å². The van der Waals surface area contributed by atoms with Crippen LogP contribution < -0.4 is 5.32 Å².